The minimum Gasteiger partial charge on any atom is -0.399 e. The summed E-state index contributed by atoms with van der Waals surface area (Å²) in [6.45, 7) is 0.532. The number of rotatable bonds is 4. The number of nitrogens with zero attached hydrogens (tertiary/aromatic N) is 1. The Kier molecular flexibility index (Phi) is 3.69. The third-order valence-corrected chi connectivity index (χ3v) is 2.79. The first-order valence-electron chi connectivity index (χ1n) is 5.86. The van der Waals surface area contributed by atoms with E-state index in [0.29, 0.717) is 28.0 Å². The van der Waals surface area contributed by atoms with Crippen molar-refractivity contribution in [2.24, 2.45) is 0 Å². The maximum absolute atomic E-state index is 13.0. The summed E-state index contributed by atoms with van der Waals surface area (Å²) in [5.41, 5.74) is 7.53. The van der Waals surface area contributed by atoms with Crippen molar-refractivity contribution < 1.29 is 17.6 Å². The normalized spacial score (nSPS) is 12.1. The van der Waals surface area contributed by atoms with E-state index in [1.165, 1.54) is 6.07 Å². The Morgan fingerprint density at radius 1 is 1.30 bits per heavy atom. The first-order valence-corrected chi connectivity index (χ1v) is 5.86. The number of aryl methyl sites for hydroxylation is 1. The van der Waals surface area contributed by atoms with Crippen molar-refractivity contribution in [2.45, 2.75) is 19.3 Å². The van der Waals surface area contributed by atoms with E-state index >= 15 is 0 Å². The number of fused-ring (bicyclic) bond motifs is 1. The number of nitrogens with one attached hydrogen (secondary N) is 1. The molecule has 0 aliphatic heterocycles. The zero-order valence-corrected chi connectivity index (χ0v) is 10.6. The fourth-order valence-corrected chi connectivity index (χ4v) is 1.81. The first-order chi connectivity index (χ1) is 9.29. The molecule has 0 aliphatic rings. The van der Waals surface area contributed by atoms with Gasteiger partial charge in [0.15, 0.2) is 0 Å². The molecule has 0 atom stereocenters. The molecule has 7 heteroatoms. The van der Waals surface area contributed by atoms with E-state index < -0.39 is 18.9 Å². The quantitative estimate of drug-likeness (QED) is 0.669. The highest BCUT2D eigenvalue weighted by Crippen LogP contribution is 2.28. The summed E-state index contributed by atoms with van der Waals surface area (Å²) in [5, 5.41) is 2.87. The number of hydrogen-bond acceptors (Lipinski definition) is 3. The molecule has 0 amide bonds. The molecule has 108 valence electrons. The average Bonchev–Trinajstić information content (AvgIpc) is 2.36. The van der Waals surface area contributed by atoms with Gasteiger partial charge in [-0.2, -0.15) is 8.78 Å². The third kappa shape index (κ3) is 2.92. The molecule has 0 bridgehead atoms. The number of nitrogens with two attached hydrogens (primary N) is 1. The van der Waals surface area contributed by atoms with Crippen molar-refractivity contribution in [1.29, 1.82) is 0 Å². The van der Waals surface area contributed by atoms with Crippen molar-refractivity contribution >= 4 is 22.3 Å². The van der Waals surface area contributed by atoms with Gasteiger partial charge in [0.05, 0.1) is 12.1 Å². The third-order valence-electron chi connectivity index (χ3n) is 2.79. The molecular formula is C13H13F4N3. The van der Waals surface area contributed by atoms with Crippen molar-refractivity contribution in [2.75, 3.05) is 17.6 Å². The molecule has 0 unspecified atom stereocenters. The van der Waals surface area contributed by atoms with E-state index in [0.717, 1.165) is 0 Å². The average molecular weight is 287 g/mol. The Bertz CT molecular complexity index is 628. The zero-order valence-electron chi connectivity index (χ0n) is 10.6. The summed E-state index contributed by atoms with van der Waals surface area (Å²) in [5.74, 6) is -4.09. The van der Waals surface area contributed by atoms with Gasteiger partial charge in [-0.3, -0.25) is 4.98 Å². The van der Waals surface area contributed by atoms with E-state index in [1.807, 2.05) is 0 Å². The number of halogens is 4. The summed E-state index contributed by atoms with van der Waals surface area (Å²) in [6.07, 6.45) is -3.71. The second-order valence-corrected chi connectivity index (χ2v) is 4.50. The summed E-state index contributed by atoms with van der Waals surface area (Å²) in [7, 11) is 0. The van der Waals surface area contributed by atoms with Crippen LogP contribution in [0.25, 0.3) is 10.9 Å². The van der Waals surface area contributed by atoms with Gasteiger partial charge in [0.25, 0.3) is 0 Å². The largest absolute Gasteiger partial charge is 0.399 e. The van der Waals surface area contributed by atoms with Gasteiger partial charge in [-0.05, 0) is 31.2 Å². The lowest BCUT2D eigenvalue weighted by Gasteiger charge is -2.18. The molecule has 0 saturated carbocycles. The van der Waals surface area contributed by atoms with Crippen LogP contribution in [0.15, 0.2) is 24.3 Å². The molecule has 0 aliphatic carbocycles. The first kappa shape index (κ1) is 14.4. The van der Waals surface area contributed by atoms with Crippen LogP contribution in [-0.2, 0) is 0 Å². The number of pyridine rings is 1. The van der Waals surface area contributed by atoms with Crippen molar-refractivity contribution in [3.05, 3.63) is 30.0 Å². The van der Waals surface area contributed by atoms with Crippen LogP contribution in [0.3, 0.4) is 0 Å². The fourth-order valence-electron chi connectivity index (χ4n) is 1.81. The van der Waals surface area contributed by atoms with E-state index in [2.05, 4.69) is 10.3 Å². The van der Waals surface area contributed by atoms with E-state index in [-0.39, 0.29) is 0 Å². The van der Waals surface area contributed by atoms with Crippen LogP contribution >= 0.6 is 0 Å². The molecule has 3 N–H and O–H groups in total. The molecule has 0 fully saturated rings. The second-order valence-electron chi connectivity index (χ2n) is 4.50. The number of anilines is 2. The number of hydrogen-bond donors (Lipinski definition) is 2. The lowest BCUT2D eigenvalue weighted by molar-refractivity contribution is -0.117. The van der Waals surface area contributed by atoms with Crippen LogP contribution in [0.2, 0.25) is 0 Å². The van der Waals surface area contributed by atoms with Gasteiger partial charge in [0.1, 0.15) is 0 Å². The van der Waals surface area contributed by atoms with Crippen molar-refractivity contribution in [3.63, 3.8) is 0 Å². The fraction of sp³-hybridized carbons (Fsp3) is 0.308. The summed E-state index contributed by atoms with van der Waals surface area (Å²) in [6, 6.07) is 6.36. The molecule has 20 heavy (non-hydrogen) atoms. The van der Waals surface area contributed by atoms with Crippen LogP contribution in [0.4, 0.5) is 28.9 Å². The lowest BCUT2D eigenvalue weighted by atomic mass is 10.1. The highest BCUT2D eigenvalue weighted by Gasteiger charge is 2.40. The predicted molar refractivity (Wildman–Crippen MR) is 70.3 cm³/mol. The highest BCUT2D eigenvalue weighted by molar-refractivity contribution is 5.93. The summed E-state index contributed by atoms with van der Waals surface area (Å²) < 4.78 is 50.2. The second kappa shape index (κ2) is 5.15. The molecular weight excluding hydrogens is 274 g/mol. The van der Waals surface area contributed by atoms with E-state index in [4.69, 9.17) is 5.73 Å². The monoisotopic (exact) mass is 287 g/mol. The summed E-state index contributed by atoms with van der Waals surface area (Å²) in [4.78, 5) is 4.23. The summed E-state index contributed by atoms with van der Waals surface area (Å²) >= 11 is 0. The molecule has 2 rings (SSSR count). The Balaban J connectivity index is 2.36. The molecule has 1 aromatic heterocycles. The molecule has 0 radical (unpaired) electrons. The molecule has 1 aromatic carbocycles. The Morgan fingerprint density at radius 2 is 2.00 bits per heavy atom. The van der Waals surface area contributed by atoms with Crippen LogP contribution in [0.1, 0.15) is 5.69 Å². The Labute approximate surface area is 112 Å². The van der Waals surface area contributed by atoms with Gasteiger partial charge in [-0.25, -0.2) is 8.78 Å². The number of alkyl halides is 4. The number of nitrogen functional groups attached to an aromatic ring is 1. The minimum absolute atomic E-state index is 0.306. The van der Waals surface area contributed by atoms with Crippen LogP contribution in [0.5, 0.6) is 0 Å². The maximum atomic E-state index is 13.0. The van der Waals surface area contributed by atoms with E-state index in [1.54, 1.807) is 25.1 Å². The molecule has 2 aromatic rings. The molecule has 0 spiro atoms. The topological polar surface area (TPSA) is 50.9 Å². The lowest BCUT2D eigenvalue weighted by Crippen LogP contribution is -2.34. The molecule has 0 saturated heterocycles. The van der Waals surface area contributed by atoms with Gasteiger partial charge in [0.2, 0.25) is 0 Å². The Hall–Kier alpha value is -2.05. The van der Waals surface area contributed by atoms with Crippen LogP contribution in [-0.4, -0.2) is 23.9 Å². The van der Waals surface area contributed by atoms with Gasteiger partial charge in [-0.15, -0.1) is 0 Å². The maximum Gasteiger partial charge on any atom is 0.324 e. The standard InChI is InChI=1S/C13H13F4N3/c1-7-4-11(19-6-13(16,17)12(14)15)9-5-8(18)2-3-10(9)20-7/h2-5,12H,6,18H2,1H3,(H,19,20). The van der Waals surface area contributed by atoms with Gasteiger partial charge < -0.3 is 11.1 Å². The van der Waals surface area contributed by atoms with Crippen LogP contribution in [0, 0.1) is 6.92 Å². The van der Waals surface area contributed by atoms with E-state index in [9.17, 15) is 17.6 Å². The highest BCUT2D eigenvalue weighted by atomic mass is 19.3. The van der Waals surface area contributed by atoms with Gasteiger partial charge >= 0.3 is 12.3 Å². The van der Waals surface area contributed by atoms with Crippen LogP contribution < -0.4 is 11.1 Å². The minimum atomic E-state index is -4.09. The Morgan fingerprint density at radius 3 is 2.65 bits per heavy atom. The molecule has 1 heterocycles. The number of aromatic nitrogens is 1. The van der Waals surface area contributed by atoms with Gasteiger partial charge in [0, 0.05) is 22.5 Å². The predicted octanol–water partition coefficient (Wildman–Crippen LogP) is 3.44. The molecule has 3 nitrogen and oxygen atoms in total. The van der Waals surface area contributed by atoms with Gasteiger partial charge in [-0.1, -0.05) is 0 Å². The van der Waals surface area contributed by atoms with Crippen molar-refractivity contribution in [3.8, 4) is 0 Å². The zero-order chi connectivity index (χ0) is 14.9. The van der Waals surface area contributed by atoms with Crippen molar-refractivity contribution in [1.82, 2.24) is 4.98 Å². The number of benzene rings is 1. The smallest absolute Gasteiger partial charge is 0.324 e. The SMILES string of the molecule is Cc1cc(NCC(F)(F)C(F)F)c2cc(N)ccc2n1.